The van der Waals surface area contributed by atoms with Gasteiger partial charge in [0.25, 0.3) is 0 Å². The average Bonchev–Trinajstić information content (AvgIpc) is 3.52. The molecule has 0 saturated heterocycles. The van der Waals surface area contributed by atoms with Gasteiger partial charge in [-0.15, -0.1) is 0 Å². The van der Waals surface area contributed by atoms with Crippen LogP contribution in [-0.2, 0) is 4.79 Å². The number of aromatic amines is 2. The fourth-order valence-electron chi connectivity index (χ4n) is 4.48. The standard InChI is InChI=1S/C28H23FN8O/c1-37(2)15-27(38)33-19-7-17(10-30-11-19)23-9-21-26(14-32-23)35-36-28(21)24-8-20-22(12-31-13-25(20)34-24)16-4-3-5-18(29)6-16/h3-14,34H,15H2,1-2H3,(H,33,38)(H,35,36). The summed E-state index contributed by atoms with van der Waals surface area (Å²) >= 11 is 0. The first kappa shape index (κ1) is 23.4. The molecule has 0 fully saturated rings. The van der Waals surface area contributed by atoms with Crippen LogP contribution in [0, 0.1) is 5.82 Å². The van der Waals surface area contributed by atoms with Crippen LogP contribution < -0.4 is 5.32 Å². The van der Waals surface area contributed by atoms with E-state index in [0.29, 0.717) is 17.1 Å². The van der Waals surface area contributed by atoms with Crippen molar-refractivity contribution in [3.63, 3.8) is 0 Å². The minimum absolute atomic E-state index is 0.125. The van der Waals surface area contributed by atoms with Gasteiger partial charge in [0.05, 0.1) is 53.2 Å². The normalized spacial score (nSPS) is 11.5. The van der Waals surface area contributed by atoms with Gasteiger partial charge in [-0.1, -0.05) is 12.1 Å². The average molecular weight is 507 g/mol. The van der Waals surface area contributed by atoms with Gasteiger partial charge in [-0.2, -0.15) is 5.10 Å². The van der Waals surface area contributed by atoms with Crippen LogP contribution in [0.2, 0.25) is 0 Å². The lowest BCUT2D eigenvalue weighted by Crippen LogP contribution is -2.27. The Morgan fingerprint density at radius 2 is 1.82 bits per heavy atom. The fourth-order valence-corrected chi connectivity index (χ4v) is 4.48. The lowest BCUT2D eigenvalue weighted by atomic mass is 10.0. The van der Waals surface area contributed by atoms with Gasteiger partial charge in [-0.3, -0.25) is 24.8 Å². The molecule has 0 radical (unpaired) electrons. The van der Waals surface area contributed by atoms with E-state index >= 15 is 0 Å². The number of carbonyl (C=O) groups excluding carboxylic acids is 1. The summed E-state index contributed by atoms with van der Waals surface area (Å²) in [7, 11) is 3.67. The summed E-state index contributed by atoms with van der Waals surface area (Å²) in [5.74, 6) is -0.426. The summed E-state index contributed by atoms with van der Waals surface area (Å²) in [5.41, 5.74) is 6.71. The minimum Gasteiger partial charge on any atom is -0.352 e. The number of benzene rings is 1. The van der Waals surface area contributed by atoms with Gasteiger partial charge >= 0.3 is 0 Å². The Bertz CT molecular complexity index is 1810. The molecule has 188 valence electrons. The summed E-state index contributed by atoms with van der Waals surface area (Å²) in [5, 5.41) is 12.2. The first-order valence-electron chi connectivity index (χ1n) is 11.9. The van der Waals surface area contributed by atoms with Crippen molar-refractivity contribution >= 4 is 33.4 Å². The van der Waals surface area contributed by atoms with Crippen LogP contribution in [0.25, 0.3) is 55.6 Å². The molecule has 0 atom stereocenters. The zero-order chi connectivity index (χ0) is 26.2. The van der Waals surface area contributed by atoms with Gasteiger partial charge in [-0.25, -0.2) is 4.39 Å². The number of hydrogen-bond donors (Lipinski definition) is 3. The number of anilines is 1. The molecule has 6 aromatic rings. The van der Waals surface area contributed by atoms with Crippen LogP contribution in [0.5, 0.6) is 0 Å². The molecular weight excluding hydrogens is 483 g/mol. The van der Waals surface area contributed by atoms with E-state index in [0.717, 1.165) is 44.2 Å². The number of pyridine rings is 3. The van der Waals surface area contributed by atoms with Gasteiger partial charge in [0.1, 0.15) is 11.5 Å². The van der Waals surface area contributed by atoms with Crippen molar-refractivity contribution in [2.24, 2.45) is 0 Å². The summed E-state index contributed by atoms with van der Waals surface area (Å²) in [6.07, 6.45) is 8.51. The number of amides is 1. The maximum atomic E-state index is 13.9. The number of likely N-dealkylation sites (N-methyl/N-ethyl adjacent to an activating group) is 1. The molecule has 6 rings (SSSR count). The molecule has 0 aliphatic carbocycles. The molecule has 0 aliphatic heterocycles. The van der Waals surface area contributed by atoms with Crippen molar-refractivity contribution in [1.29, 1.82) is 0 Å². The van der Waals surface area contributed by atoms with Crippen LogP contribution in [-0.4, -0.2) is 61.6 Å². The molecular formula is C28H23FN8O. The van der Waals surface area contributed by atoms with Crippen molar-refractivity contribution in [2.45, 2.75) is 0 Å². The summed E-state index contributed by atoms with van der Waals surface area (Å²) in [4.78, 5) is 30.6. The number of fused-ring (bicyclic) bond motifs is 2. The number of nitrogens with one attached hydrogen (secondary N) is 3. The Morgan fingerprint density at radius 1 is 0.947 bits per heavy atom. The Hall–Kier alpha value is -4.96. The highest BCUT2D eigenvalue weighted by Crippen LogP contribution is 2.34. The summed E-state index contributed by atoms with van der Waals surface area (Å²) < 4.78 is 13.9. The lowest BCUT2D eigenvalue weighted by molar-refractivity contribution is -0.116. The number of aromatic nitrogens is 6. The van der Waals surface area contributed by atoms with E-state index in [-0.39, 0.29) is 18.3 Å². The number of nitrogens with zero attached hydrogens (tertiary/aromatic N) is 5. The topological polar surface area (TPSA) is 115 Å². The lowest BCUT2D eigenvalue weighted by Gasteiger charge is -2.10. The monoisotopic (exact) mass is 506 g/mol. The summed E-state index contributed by atoms with van der Waals surface area (Å²) in [6.45, 7) is 0.272. The molecule has 0 bridgehead atoms. The highest BCUT2D eigenvalue weighted by atomic mass is 19.1. The molecule has 0 unspecified atom stereocenters. The maximum absolute atomic E-state index is 13.9. The van der Waals surface area contributed by atoms with E-state index in [9.17, 15) is 9.18 Å². The van der Waals surface area contributed by atoms with Crippen molar-refractivity contribution < 1.29 is 9.18 Å². The maximum Gasteiger partial charge on any atom is 0.238 e. The molecule has 1 aromatic carbocycles. The third-order valence-electron chi connectivity index (χ3n) is 6.16. The van der Waals surface area contributed by atoms with Crippen LogP contribution in [0.4, 0.5) is 10.1 Å². The summed E-state index contributed by atoms with van der Waals surface area (Å²) in [6, 6.07) is 12.2. The van der Waals surface area contributed by atoms with E-state index in [1.807, 2.05) is 38.4 Å². The van der Waals surface area contributed by atoms with Crippen molar-refractivity contribution in [3.8, 4) is 33.8 Å². The van der Waals surface area contributed by atoms with Crippen molar-refractivity contribution in [1.82, 2.24) is 35.0 Å². The SMILES string of the molecule is CN(C)CC(=O)Nc1cncc(-c2cc3c(-c4cc5c(-c6cccc(F)c6)cncc5[nH]4)n[nH]c3cn2)c1. The van der Waals surface area contributed by atoms with E-state index in [4.69, 9.17) is 0 Å². The van der Waals surface area contributed by atoms with Gasteiger partial charge < -0.3 is 15.2 Å². The number of carbonyl (C=O) groups is 1. The first-order valence-corrected chi connectivity index (χ1v) is 11.9. The Morgan fingerprint density at radius 3 is 2.66 bits per heavy atom. The fraction of sp³-hybridized carbons (Fsp3) is 0.107. The van der Waals surface area contributed by atoms with Crippen LogP contribution in [0.1, 0.15) is 0 Å². The van der Waals surface area contributed by atoms with Gasteiger partial charge in [0.15, 0.2) is 0 Å². The third-order valence-corrected chi connectivity index (χ3v) is 6.16. The largest absolute Gasteiger partial charge is 0.352 e. The Balaban J connectivity index is 1.38. The first-order chi connectivity index (χ1) is 18.4. The second-order valence-electron chi connectivity index (χ2n) is 9.28. The van der Waals surface area contributed by atoms with Gasteiger partial charge in [0, 0.05) is 34.3 Å². The highest BCUT2D eigenvalue weighted by molar-refractivity contribution is 6.01. The number of hydrogen-bond acceptors (Lipinski definition) is 6. The predicted octanol–water partition coefficient (Wildman–Crippen LogP) is 4.87. The molecule has 0 spiro atoms. The highest BCUT2D eigenvalue weighted by Gasteiger charge is 2.16. The zero-order valence-electron chi connectivity index (χ0n) is 20.7. The molecule has 5 aromatic heterocycles. The number of rotatable bonds is 6. The van der Waals surface area contributed by atoms with Gasteiger partial charge in [-0.05, 0) is 50.0 Å². The van der Waals surface area contributed by atoms with Crippen molar-refractivity contribution in [3.05, 3.63) is 79.3 Å². The predicted molar refractivity (Wildman–Crippen MR) is 145 cm³/mol. The molecule has 3 N–H and O–H groups in total. The van der Waals surface area contributed by atoms with E-state index in [2.05, 4.69) is 35.5 Å². The Labute approximate surface area is 216 Å². The molecule has 10 heteroatoms. The molecule has 5 heterocycles. The molecule has 9 nitrogen and oxygen atoms in total. The zero-order valence-corrected chi connectivity index (χ0v) is 20.7. The van der Waals surface area contributed by atoms with Crippen LogP contribution >= 0.6 is 0 Å². The third kappa shape index (κ3) is 4.48. The molecule has 38 heavy (non-hydrogen) atoms. The van der Waals surface area contributed by atoms with Gasteiger partial charge in [0.2, 0.25) is 5.91 Å². The number of halogens is 1. The van der Waals surface area contributed by atoms with E-state index in [1.165, 1.54) is 12.1 Å². The van der Waals surface area contributed by atoms with E-state index < -0.39 is 0 Å². The van der Waals surface area contributed by atoms with E-state index in [1.54, 1.807) is 42.0 Å². The molecule has 0 saturated carbocycles. The van der Waals surface area contributed by atoms with Crippen LogP contribution in [0.15, 0.2) is 73.4 Å². The minimum atomic E-state index is -0.301. The van der Waals surface area contributed by atoms with Crippen molar-refractivity contribution in [2.75, 3.05) is 26.0 Å². The molecule has 1 amide bonds. The second-order valence-corrected chi connectivity index (χ2v) is 9.28. The smallest absolute Gasteiger partial charge is 0.238 e. The second kappa shape index (κ2) is 9.49. The van der Waals surface area contributed by atoms with Crippen LogP contribution in [0.3, 0.4) is 0 Å². The molecule has 0 aliphatic rings. The quantitative estimate of drug-likeness (QED) is 0.297. The number of H-pyrrole nitrogens is 2. The Kier molecular flexibility index (Phi) is 5.85.